The molecule has 15 heavy (non-hydrogen) atoms. The van der Waals surface area contributed by atoms with Crippen LogP contribution in [-0.4, -0.2) is 29.7 Å². The highest BCUT2D eigenvalue weighted by Gasteiger charge is 2.28. The highest BCUT2D eigenvalue weighted by atomic mass is 16.5. The number of benzene rings is 1. The SMILES string of the molecule is CC(C)N(C)C1COc2cc(O)ccc21. The first kappa shape index (κ1) is 10.3. The zero-order valence-corrected chi connectivity index (χ0v) is 9.40. The number of phenols is 1. The Morgan fingerprint density at radius 1 is 1.47 bits per heavy atom. The van der Waals surface area contributed by atoms with Gasteiger partial charge in [0.05, 0.1) is 6.04 Å². The summed E-state index contributed by atoms with van der Waals surface area (Å²) in [4.78, 5) is 2.28. The average molecular weight is 207 g/mol. The van der Waals surface area contributed by atoms with Crippen molar-refractivity contribution in [3.05, 3.63) is 23.8 Å². The van der Waals surface area contributed by atoms with Gasteiger partial charge >= 0.3 is 0 Å². The number of hydrogen-bond donors (Lipinski definition) is 1. The molecule has 0 radical (unpaired) electrons. The Labute approximate surface area is 90.3 Å². The molecule has 2 rings (SSSR count). The van der Waals surface area contributed by atoms with Crippen LogP contribution < -0.4 is 4.74 Å². The van der Waals surface area contributed by atoms with E-state index in [-0.39, 0.29) is 5.75 Å². The van der Waals surface area contributed by atoms with E-state index in [1.165, 1.54) is 5.56 Å². The van der Waals surface area contributed by atoms with Gasteiger partial charge in [-0.3, -0.25) is 4.90 Å². The summed E-state index contributed by atoms with van der Waals surface area (Å²) < 4.78 is 5.56. The minimum Gasteiger partial charge on any atom is -0.508 e. The van der Waals surface area contributed by atoms with Crippen molar-refractivity contribution in [1.82, 2.24) is 4.90 Å². The summed E-state index contributed by atoms with van der Waals surface area (Å²) in [5.41, 5.74) is 1.17. The lowest BCUT2D eigenvalue weighted by atomic mass is 10.1. The second kappa shape index (κ2) is 3.74. The summed E-state index contributed by atoms with van der Waals surface area (Å²) in [7, 11) is 2.10. The molecule has 1 N–H and O–H groups in total. The number of phenolic OH excluding ortho intramolecular Hbond substituents is 1. The quantitative estimate of drug-likeness (QED) is 0.806. The molecule has 1 unspecified atom stereocenters. The van der Waals surface area contributed by atoms with Crippen LogP contribution in [0.25, 0.3) is 0 Å². The molecule has 82 valence electrons. The fourth-order valence-electron chi connectivity index (χ4n) is 1.88. The van der Waals surface area contributed by atoms with E-state index in [0.29, 0.717) is 18.7 Å². The Kier molecular flexibility index (Phi) is 2.57. The predicted octanol–water partition coefficient (Wildman–Crippen LogP) is 2.17. The number of nitrogens with zero attached hydrogens (tertiary/aromatic N) is 1. The van der Waals surface area contributed by atoms with E-state index in [1.54, 1.807) is 12.1 Å². The Bertz CT molecular complexity index is 363. The van der Waals surface area contributed by atoms with Crippen molar-refractivity contribution in [3.63, 3.8) is 0 Å². The molecule has 1 heterocycles. The van der Waals surface area contributed by atoms with Crippen molar-refractivity contribution in [3.8, 4) is 11.5 Å². The van der Waals surface area contributed by atoms with Crippen LogP contribution in [0.2, 0.25) is 0 Å². The minimum absolute atomic E-state index is 0.265. The maximum absolute atomic E-state index is 9.34. The maximum atomic E-state index is 9.34. The van der Waals surface area contributed by atoms with Gasteiger partial charge in [0.2, 0.25) is 0 Å². The topological polar surface area (TPSA) is 32.7 Å². The van der Waals surface area contributed by atoms with Crippen LogP contribution in [0.15, 0.2) is 18.2 Å². The molecule has 0 aromatic heterocycles. The Hall–Kier alpha value is -1.22. The highest BCUT2D eigenvalue weighted by molar-refractivity contribution is 5.44. The van der Waals surface area contributed by atoms with E-state index in [9.17, 15) is 5.11 Å². The van der Waals surface area contributed by atoms with Gasteiger partial charge in [0.15, 0.2) is 0 Å². The molecular formula is C12H17NO2. The zero-order chi connectivity index (χ0) is 11.0. The molecule has 1 aromatic rings. The molecule has 0 saturated heterocycles. The van der Waals surface area contributed by atoms with Gasteiger partial charge < -0.3 is 9.84 Å². The van der Waals surface area contributed by atoms with E-state index >= 15 is 0 Å². The lowest BCUT2D eigenvalue weighted by Gasteiger charge is -2.27. The number of rotatable bonds is 2. The number of fused-ring (bicyclic) bond motifs is 1. The van der Waals surface area contributed by atoms with Crippen molar-refractivity contribution < 1.29 is 9.84 Å². The van der Waals surface area contributed by atoms with Gasteiger partial charge in [0, 0.05) is 17.7 Å². The van der Waals surface area contributed by atoms with Crippen LogP contribution >= 0.6 is 0 Å². The van der Waals surface area contributed by atoms with Gasteiger partial charge in [-0.15, -0.1) is 0 Å². The largest absolute Gasteiger partial charge is 0.508 e. The second-order valence-electron chi connectivity index (χ2n) is 4.31. The van der Waals surface area contributed by atoms with Gasteiger partial charge in [-0.2, -0.15) is 0 Å². The van der Waals surface area contributed by atoms with Crippen molar-refractivity contribution in [2.45, 2.75) is 25.9 Å². The molecule has 0 bridgehead atoms. The Morgan fingerprint density at radius 3 is 2.87 bits per heavy atom. The molecule has 1 aliphatic rings. The van der Waals surface area contributed by atoms with Crippen molar-refractivity contribution in [2.75, 3.05) is 13.7 Å². The maximum Gasteiger partial charge on any atom is 0.127 e. The summed E-state index contributed by atoms with van der Waals surface area (Å²) in [6.07, 6.45) is 0. The van der Waals surface area contributed by atoms with Crippen LogP contribution in [0.3, 0.4) is 0 Å². The van der Waals surface area contributed by atoms with E-state index in [1.807, 2.05) is 6.07 Å². The van der Waals surface area contributed by atoms with Gasteiger partial charge in [-0.1, -0.05) is 0 Å². The standard InChI is InChI=1S/C12H17NO2/c1-8(2)13(3)11-7-15-12-6-9(14)4-5-10(11)12/h4-6,8,11,14H,7H2,1-3H3. The van der Waals surface area contributed by atoms with E-state index in [0.717, 1.165) is 5.75 Å². The van der Waals surface area contributed by atoms with Gasteiger partial charge in [-0.05, 0) is 33.0 Å². The number of aromatic hydroxyl groups is 1. The first-order valence-electron chi connectivity index (χ1n) is 5.27. The molecule has 0 amide bonds. The highest BCUT2D eigenvalue weighted by Crippen LogP contribution is 2.38. The second-order valence-corrected chi connectivity index (χ2v) is 4.31. The van der Waals surface area contributed by atoms with Crippen LogP contribution in [-0.2, 0) is 0 Å². The number of hydrogen-bond acceptors (Lipinski definition) is 3. The first-order valence-corrected chi connectivity index (χ1v) is 5.27. The predicted molar refractivity (Wildman–Crippen MR) is 59.2 cm³/mol. The molecule has 0 fully saturated rings. The fraction of sp³-hybridized carbons (Fsp3) is 0.500. The van der Waals surface area contributed by atoms with E-state index < -0.39 is 0 Å². The third kappa shape index (κ3) is 1.79. The molecular weight excluding hydrogens is 190 g/mol. The van der Waals surface area contributed by atoms with Crippen molar-refractivity contribution in [2.24, 2.45) is 0 Å². The molecule has 0 saturated carbocycles. The third-order valence-corrected chi connectivity index (χ3v) is 3.06. The number of ether oxygens (including phenoxy) is 1. The Morgan fingerprint density at radius 2 is 2.20 bits per heavy atom. The normalized spacial score (nSPS) is 19.4. The molecule has 1 aliphatic heterocycles. The van der Waals surface area contributed by atoms with Crippen LogP contribution in [0, 0.1) is 0 Å². The van der Waals surface area contributed by atoms with Crippen LogP contribution in [0.4, 0.5) is 0 Å². The summed E-state index contributed by atoms with van der Waals surface area (Å²) in [5.74, 6) is 1.08. The molecule has 3 heteroatoms. The molecule has 1 aromatic carbocycles. The summed E-state index contributed by atoms with van der Waals surface area (Å²) in [5, 5.41) is 9.34. The first-order chi connectivity index (χ1) is 7.09. The summed E-state index contributed by atoms with van der Waals surface area (Å²) in [6.45, 7) is 5.00. The smallest absolute Gasteiger partial charge is 0.127 e. The van der Waals surface area contributed by atoms with Crippen LogP contribution in [0.5, 0.6) is 11.5 Å². The molecule has 0 spiro atoms. The minimum atomic E-state index is 0.265. The summed E-state index contributed by atoms with van der Waals surface area (Å²) in [6, 6.07) is 6.14. The monoisotopic (exact) mass is 207 g/mol. The third-order valence-electron chi connectivity index (χ3n) is 3.06. The lowest BCUT2D eigenvalue weighted by molar-refractivity contribution is 0.162. The fourth-order valence-corrected chi connectivity index (χ4v) is 1.88. The Balaban J connectivity index is 2.29. The van der Waals surface area contributed by atoms with Crippen LogP contribution in [0.1, 0.15) is 25.5 Å². The number of likely N-dealkylation sites (N-methyl/N-ethyl adjacent to an activating group) is 1. The molecule has 1 atom stereocenters. The van der Waals surface area contributed by atoms with Gasteiger partial charge in [0.1, 0.15) is 18.1 Å². The van der Waals surface area contributed by atoms with E-state index in [2.05, 4.69) is 25.8 Å². The van der Waals surface area contributed by atoms with E-state index in [4.69, 9.17) is 4.74 Å². The lowest BCUT2D eigenvalue weighted by Crippen LogP contribution is -2.31. The zero-order valence-electron chi connectivity index (χ0n) is 9.40. The van der Waals surface area contributed by atoms with Crippen molar-refractivity contribution in [1.29, 1.82) is 0 Å². The van der Waals surface area contributed by atoms with Gasteiger partial charge in [-0.25, -0.2) is 0 Å². The summed E-state index contributed by atoms with van der Waals surface area (Å²) >= 11 is 0. The molecule has 3 nitrogen and oxygen atoms in total. The molecule has 0 aliphatic carbocycles. The average Bonchev–Trinajstić information content (AvgIpc) is 2.59. The van der Waals surface area contributed by atoms with Crippen molar-refractivity contribution >= 4 is 0 Å². The van der Waals surface area contributed by atoms with Gasteiger partial charge in [0.25, 0.3) is 0 Å².